The van der Waals surface area contributed by atoms with E-state index in [1.54, 1.807) is 0 Å². The Balaban J connectivity index is 2.26. The lowest BCUT2D eigenvalue weighted by Crippen LogP contribution is -1.96. The fourth-order valence-corrected chi connectivity index (χ4v) is 2.33. The molecule has 0 spiro atoms. The van der Waals surface area contributed by atoms with E-state index in [-0.39, 0.29) is 0 Å². The minimum Gasteiger partial charge on any atom is -0.0891 e. The normalized spacial score (nSPS) is 35.4. The lowest BCUT2D eigenvalue weighted by Gasteiger charge is -2.09. The average Bonchev–Trinajstić information content (AvgIpc) is 2.14. The first-order valence-corrected chi connectivity index (χ1v) is 5.38. The summed E-state index contributed by atoms with van der Waals surface area (Å²) in [6, 6.07) is 0. The van der Waals surface area contributed by atoms with Crippen LogP contribution in [-0.4, -0.2) is 4.83 Å². The zero-order chi connectivity index (χ0) is 7.40. The lowest BCUT2D eigenvalue weighted by molar-refractivity contribution is 0.447. The molecular weight excluding hydrogens is 188 g/mol. The first kappa shape index (κ1) is 8.58. The van der Waals surface area contributed by atoms with Gasteiger partial charge in [-0.25, -0.2) is 0 Å². The third-order valence-electron chi connectivity index (χ3n) is 2.60. The summed E-state index contributed by atoms with van der Waals surface area (Å²) in [5.41, 5.74) is 0. The quantitative estimate of drug-likeness (QED) is 0.451. The molecule has 0 saturated heterocycles. The highest BCUT2D eigenvalue weighted by Gasteiger charge is 2.14. The van der Waals surface area contributed by atoms with Crippen LogP contribution in [0.25, 0.3) is 0 Å². The lowest BCUT2D eigenvalue weighted by atomic mass is 9.98. The maximum absolute atomic E-state index is 3.69. The summed E-state index contributed by atoms with van der Waals surface area (Å²) in [6.07, 6.45) is 8.55. The molecular formula is C9H17Br. The predicted molar refractivity (Wildman–Crippen MR) is 49.6 cm³/mol. The molecule has 0 heterocycles. The topological polar surface area (TPSA) is 0 Å². The molecule has 0 radical (unpaired) electrons. The maximum Gasteiger partial charge on any atom is 0.0145 e. The molecule has 2 unspecified atom stereocenters. The van der Waals surface area contributed by atoms with Crippen LogP contribution >= 0.6 is 15.9 Å². The Labute approximate surface area is 72.5 Å². The molecule has 0 bridgehead atoms. The number of hydrogen-bond donors (Lipinski definition) is 0. The van der Waals surface area contributed by atoms with E-state index in [2.05, 4.69) is 22.9 Å². The van der Waals surface area contributed by atoms with Crippen LogP contribution in [0.2, 0.25) is 0 Å². The van der Waals surface area contributed by atoms with Crippen LogP contribution < -0.4 is 0 Å². The first-order valence-electron chi connectivity index (χ1n) is 4.47. The van der Waals surface area contributed by atoms with Gasteiger partial charge in [0.2, 0.25) is 0 Å². The smallest absolute Gasteiger partial charge is 0.0145 e. The second kappa shape index (κ2) is 4.38. The molecule has 0 N–H and O–H groups in total. The van der Waals surface area contributed by atoms with E-state index in [0.717, 1.165) is 10.7 Å². The summed E-state index contributed by atoms with van der Waals surface area (Å²) in [4.78, 5) is 0.823. The van der Waals surface area contributed by atoms with Gasteiger partial charge in [0.1, 0.15) is 0 Å². The minimum absolute atomic E-state index is 0.823. The Kier molecular flexibility index (Phi) is 3.75. The van der Waals surface area contributed by atoms with Crippen molar-refractivity contribution in [2.24, 2.45) is 5.92 Å². The van der Waals surface area contributed by atoms with Crippen LogP contribution in [0.15, 0.2) is 0 Å². The monoisotopic (exact) mass is 204 g/mol. The molecule has 1 aliphatic rings. The van der Waals surface area contributed by atoms with Crippen molar-refractivity contribution in [3.8, 4) is 0 Å². The zero-order valence-corrected chi connectivity index (χ0v) is 8.36. The zero-order valence-electron chi connectivity index (χ0n) is 6.78. The van der Waals surface area contributed by atoms with Gasteiger partial charge >= 0.3 is 0 Å². The molecule has 0 aromatic carbocycles. The Morgan fingerprint density at radius 2 is 2.00 bits per heavy atom. The summed E-state index contributed by atoms with van der Waals surface area (Å²) < 4.78 is 0. The molecule has 10 heavy (non-hydrogen) atoms. The fraction of sp³-hybridized carbons (Fsp3) is 1.00. The molecule has 0 aromatic rings. The number of rotatable bonds is 1. The summed E-state index contributed by atoms with van der Waals surface area (Å²) in [5.74, 6) is 1.03. The van der Waals surface area contributed by atoms with Gasteiger partial charge in [-0.3, -0.25) is 0 Å². The highest BCUT2D eigenvalue weighted by atomic mass is 79.9. The molecule has 0 amide bonds. The van der Waals surface area contributed by atoms with Gasteiger partial charge in [-0.1, -0.05) is 42.1 Å². The van der Waals surface area contributed by atoms with Crippen molar-refractivity contribution >= 4 is 15.9 Å². The third-order valence-corrected chi connectivity index (χ3v) is 3.51. The molecule has 1 saturated carbocycles. The first-order chi connectivity index (χ1) is 4.83. The van der Waals surface area contributed by atoms with Crippen molar-refractivity contribution < 1.29 is 0 Å². The standard InChI is InChI=1S/C9H17Br/c1-2-8-4-3-5-9(10)7-6-8/h8-9H,2-7H2,1H3. The Bertz CT molecular complexity index is 90.7. The molecule has 0 aromatic heterocycles. The molecule has 0 aliphatic heterocycles. The van der Waals surface area contributed by atoms with Crippen LogP contribution in [-0.2, 0) is 0 Å². The maximum atomic E-state index is 3.69. The van der Waals surface area contributed by atoms with Crippen molar-refractivity contribution in [2.75, 3.05) is 0 Å². The van der Waals surface area contributed by atoms with Gasteiger partial charge < -0.3 is 0 Å². The van der Waals surface area contributed by atoms with Gasteiger partial charge in [0.25, 0.3) is 0 Å². The van der Waals surface area contributed by atoms with Gasteiger partial charge in [0.05, 0.1) is 0 Å². The fourth-order valence-electron chi connectivity index (χ4n) is 1.74. The Morgan fingerprint density at radius 1 is 1.20 bits per heavy atom. The highest BCUT2D eigenvalue weighted by molar-refractivity contribution is 9.09. The number of alkyl halides is 1. The summed E-state index contributed by atoms with van der Waals surface area (Å²) in [5, 5.41) is 0. The molecule has 0 nitrogen and oxygen atoms in total. The van der Waals surface area contributed by atoms with Crippen LogP contribution in [0, 0.1) is 5.92 Å². The van der Waals surface area contributed by atoms with Crippen molar-refractivity contribution in [2.45, 2.75) is 50.3 Å². The van der Waals surface area contributed by atoms with Gasteiger partial charge in [-0.05, 0) is 25.2 Å². The predicted octanol–water partition coefficient (Wildman–Crippen LogP) is 3.74. The second-order valence-corrected chi connectivity index (χ2v) is 4.67. The van der Waals surface area contributed by atoms with Crippen LogP contribution in [0.4, 0.5) is 0 Å². The van der Waals surface area contributed by atoms with Crippen molar-refractivity contribution in [3.05, 3.63) is 0 Å². The molecule has 2 atom stereocenters. The van der Waals surface area contributed by atoms with Gasteiger partial charge in [-0.15, -0.1) is 0 Å². The minimum atomic E-state index is 0.823. The largest absolute Gasteiger partial charge is 0.0891 e. The highest BCUT2D eigenvalue weighted by Crippen LogP contribution is 2.28. The average molecular weight is 205 g/mol. The summed E-state index contributed by atoms with van der Waals surface area (Å²) in [7, 11) is 0. The van der Waals surface area contributed by atoms with Crippen molar-refractivity contribution in [3.63, 3.8) is 0 Å². The van der Waals surface area contributed by atoms with Crippen molar-refractivity contribution in [1.82, 2.24) is 0 Å². The summed E-state index contributed by atoms with van der Waals surface area (Å²) >= 11 is 3.69. The van der Waals surface area contributed by atoms with Crippen LogP contribution in [0.3, 0.4) is 0 Å². The molecule has 1 heteroatoms. The third kappa shape index (κ3) is 2.61. The van der Waals surface area contributed by atoms with Crippen LogP contribution in [0.1, 0.15) is 45.4 Å². The van der Waals surface area contributed by atoms with E-state index < -0.39 is 0 Å². The van der Waals surface area contributed by atoms with E-state index in [1.807, 2.05) is 0 Å². The molecule has 60 valence electrons. The number of halogens is 1. The van der Waals surface area contributed by atoms with E-state index in [4.69, 9.17) is 0 Å². The summed E-state index contributed by atoms with van der Waals surface area (Å²) in [6.45, 7) is 2.32. The second-order valence-electron chi connectivity index (χ2n) is 3.38. The Morgan fingerprint density at radius 3 is 2.70 bits per heavy atom. The van der Waals surface area contributed by atoms with E-state index in [1.165, 1.54) is 38.5 Å². The molecule has 1 fully saturated rings. The SMILES string of the molecule is CCC1CCCC(Br)CC1. The van der Waals surface area contributed by atoms with E-state index in [9.17, 15) is 0 Å². The van der Waals surface area contributed by atoms with E-state index in [0.29, 0.717) is 0 Å². The van der Waals surface area contributed by atoms with Gasteiger partial charge in [0, 0.05) is 4.83 Å². The van der Waals surface area contributed by atoms with Crippen LogP contribution in [0.5, 0.6) is 0 Å². The van der Waals surface area contributed by atoms with Crippen molar-refractivity contribution in [1.29, 1.82) is 0 Å². The number of hydrogen-bond acceptors (Lipinski definition) is 0. The van der Waals surface area contributed by atoms with Gasteiger partial charge in [0.15, 0.2) is 0 Å². The Hall–Kier alpha value is 0.480. The van der Waals surface area contributed by atoms with Gasteiger partial charge in [-0.2, -0.15) is 0 Å². The molecule has 1 rings (SSSR count). The van der Waals surface area contributed by atoms with E-state index >= 15 is 0 Å². The molecule has 1 aliphatic carbocycles.